The molecular weight excluding hydrogens is 620 g/mol. The van der Waals surface area contributed by atoms with Crippen LogP contribution in [0.25, 0.3) is 0 Å². The third kappa shape index (κ3) is 8.35. The normalized spacial score (nSPS) is 44.0. The van der Waals surface area contributed by atoms with Gasteiger partial charge in [-0.1, -0.05) is 20.8 Å². The van der Waals surface area contributed by atoms with E-state index in [1.807, 2.05) is 39.8 Å². The second-order valence-electron chi connectivity index (χ2n) is 15.4. The van der Waals surface area contributed by atoms with Crippen LogP contribution in [-0.4, -0.2) is 140 Å². The number of methoxy groups -OCH3 is 1. The van der Waals surface area contributed by atoms with Gasteiger partial charge < -0.3 is 49.2 Å². The number of carbonyl (C=O) groups excluding carboxylic acids is 3. The minimum absolute atomic E-state index is 0.0344. The van der Waals surface area contributed by atoms with Crippen LogP contribution < -0.4 is 10.6 Å². The van der Waals surface area contributed by atoms with E-state index in [4.69, 9.17) is 23.7 Å². The van der Waals surface area contributed by atoms with E-state index in [0.717, 1.165) is 32.5 Å². The fourth-order valence-electron chi connectivity index (χ4n) is 8.39. The highest BCUT2D eigenvalue weighted by molar-refractivity contribution is 6.00. The molecule has 48 heavy (non-hydrogen) atoms. The first-order chi connectivity index (χ1) is 22.5. The zero-order chi connectivity index (χ0) is 35.6. The number of nitrogens with one attached hydrogen (secondary N) is 2. The summed E-state index contributed by atoms with van der Waals surface area (Å²) in [7, 11) is 5.48. The molecule has 0 aromatic rings. The SMILES string of the molecule is CC[C@H]1OC(=O)[C@H](C)C(=O)[C@H](C)[C@@H](O[C@@H]2OC(CN3CCCC3)CC(N(C)C)C2O)[C@](C)(OC)C[C@@H](C)CN[C@H](C)[C@H]2NC(=O)O[C@@]21C. The van der Waals surface area contributed by atoms with Gasteiger partial charge in [0.05, 0.1) is 23.9 Å². The number of aliphatic hydroxyl groups is 1. The number of hydrogen-bond donors (Lipinski definition) is 3. The minimum Gasteiger partial charge on any atom is -0.458 e. The Morgan fingerprint density at radius 2 is 1.75 bits per heavy atom. The molecule has 3 unspecified atom stereocenters. The number of amides is 1. The topological polar surface area (TPSA) is 148 Å². The third-order valence-electron chi connectivity index (χ3n) is 11.4. The Kier molecular flexibility index (Phi) is 13.0. The summed E-state index contributed by atoms with van der Waals surface area (Å²) in [6.45, 7) is 16.2. The number of alkyl carbamates (subject to hydrolysis) is 1. The predicted octanol–water partition coefficient (Wildman–Crippen LogP) is 2.33. The second kappa shape index (κ2) is 16.0. The van der Waals surface area contributed by atoms with Gasteiger partial charge in [-0.25, -0.2) is 4.79 Å². The molecule has 4 fully saturated rings. The van der Waals surface area contributed by atoms with Crippen molar-refractivity contribution in [3.63, 3.8) is 0 Å². The van der Waals surface area contributed by atoms with Crippen LogP contribution in [0.15, 0.2) is 0 Å². The van der Waals surface area contributed by atoms with Crippen molar-refractivity contribution in [2.75, 3.05) is 47.4 Å². The molecule has 0 aromatic carbocycles. The maximum Gasteiger partial charge on any atom is 0.408 e. The number of hydrogen-bond acceptors (Lipinski definition) is 12. The van der Waals surface area contributed by atoms with E-state index in [1.165, 1.54) is 0 Å². The average Bonchev–Trinajstić information content (AvgIpc) is 3.67. The molecule has 4 saturated heterocycles. The van der Waals surface area contributed by atoms with Gasteiger partial charge in [-0.2, -0.15) is 0 Å². The number of likely N-dealkylation sites (N-methyl/N-ethyl adjacent to an activating group) is 1. The summed E-state index contributed by atoms with van der Waals surface area (Å²) in [6.07, 6.45) is -0.553. The lowest BCUT2D eigenvalue weighted by Gasteiger charge is -2.47. The molecule has 0 spiro atoms. The van der Waals surface area contributed by atoms with Crippen LogP contribution >= 0.6 is 0 Å². The van der Waals surface area contributed by atoms with Gasteiger partial charge in [0.25, 0.3) is 0 Å². The van der Waals surface area contributed by atoms with Crippen LogP contribution in [0.1, 0.15) is 80.6 Å². The number of fused-ring (bicyclic) bond motifs is 1. The molecule has 3 N–H and O–H groups in total. The predicted molar refractivity (Wildman–Crippen MR) is 179 cm³/mol. The Bertz CT molecular complexity index is 1120. The van der Waals surface area contributed by atoms with E-state index in [-0.39, 0.29) is 29.9 Å². The largest absolute Gasteiger partial charge is 0.458 e. The van der Waals surface area contributed by atoms with Crippen LogP contribution in [-0.2, 0) is 33.3 Å². The molecule has 0 saturated carbocycles. The molecule has 4 rings (SSSR count). The van der Waals surface area contributed by atoms with Crippen LogP contribution in [0.4, 0.5) is 4.79 Å². The molecule has 4 aliphatic rings. The van der Waals surface area contributed by atoms with Crippen LogP contribution in [0.2, 0.25) is 0 Å². The van der Waals surface area contributed by atoms with Gasteiger partial charge in [0.2, 0.25) is 0 Å². The summed E-state index contributed by atoms with van der Waals surface area (Å²) >= 11 is 0. The molecule has 276 valence electrons. The zero-order valence-electron chi connectivity index (χ0n) is 30.8. The lowest BCUT2D eigenvalue weighted by Crippen LogP contribution is -2.60. The summed E-state index contributed by atoms with van der Waals surface area (Å²) in [5, 5.41) is 18.1. The molecule has 0 aromatic heterocycles. The Morgan fingerprint density at radius 1 is 1.08 bits per heavy atom. The van der Waals surface area contributed by atoms with Crippen molar-refractivity contribution < 1.29 is 43.2 Å². The monoisotopic (exact) mass is 682 g/mol. The van der Waals surface area contributed by atoms with Crippen molar-refractivity contribution in [1.82, 2.24) is 20.4 Å². The first-order valence-corrected chi connectivity index (χ1v) is 17.9. The molecular formula is C35H62N4O9. The number of rotatable bonds is 7. The van der Waals surface area contributed by atoms with Gasteiger partial charge in [0.15, 0.2) is 17.7 Å². The highest BCUT2D eigenvalue weighted by Crippen LogP contribution is 2.38. The molecule has 13 atom stereocenters. The van der Waals surface area contributed by atoms with Crippen molar-refractivity contribution in [3.05, 3.63) is 0 Å². The molecule has 13 nitrogen and oxygen atoms in total. The summed E-state index contributed by atoms with van der Waals surface area (Å²) in [4.78, 5) is 44.8. The van der Waals surface area contributed by atoms with Crippen molar-refractivity contribution in [2.45, 2.75) is 141 Å². The standard InChI is InChI=1S/C35H62N4O9/c1-11-26-35(7)29(37-33(43)48-35)23(5)36-18-20(2)17-34(6,44-10)30(21(3)27(40)22(4)31(42)46-26)47-32-28(41)25(38(8)9)16-24(45-32)19-39-14-12-13-15-39/h20-26,28-30,32,36,41H,11-19H2,1-10H3,(H,37,43)/t20-,21+,22-,23-,24?,25?,26-,28?,29-,30-,32+,34-,35-/m1/s1. The Labute approximate surface area is 287 Å². The van der Waals surface area contributed by atoms with Crippen LogP contribution in [0, 0.1) is 17.8 Å². The number of esters is 1. The number of ketones is 1. The Hall–Kier alpha value is -1.87. The third-order valence-corrected chi connectivity index (χ3v) is 11.4. The maximum absolute atomic E-state index is 14.2. The molecule has 4 aliphatic heterocycles. The molecule has 13 heteroatoms. The Morgan fingerprint density at radius 3 is 2.35 bits per heavy atom. The first kappa shape index (κ1) is 38.9. The molecule has 1 amide bonds. The van der Waals surface area contributed by atoms with Gasteiger partial charge in [0, 0.05) is 31.7 Å². The average molecular weight is 683 g/mol. The summed E-state index contributed by atoms with van der Waals surface area (Å²) in [6, 6.07) is -0.939. The number of cyclic esters (lactones) is 1. The van der Waals surface area contributed by atoms with Gasteiger partial charge in [0.1, 0.15) is 18.1 Å². The summed E-state index contributed by atoms with van der Waals surface area (Å²) < 4.78 is 31.3. The Balaban J connectivity index is 1.68. The fourth-order valence-corrected chi connectivity index (χ4v) is 8.39. The second-order valence-corrected chi connectivity index (χ2v) is 15.4. The molecule has 0 bridgehead atoms. The minimum atomic E-state index is -1.15. The molecule has 0 aliphatic carbocycles. The zero-order valence-corrected chi connectivity index (χ0v) is 30.8. The van der Waals surface area contributed by atoms with Crippen LogP contribution in [0.5, 0.6) is 0 Å². The smallest absolute Gasteiger partial charge is 0.408 e. The number of aliphatic hydroxyl groups excluding tert-OH is 1. The highest BCUT2D eigenvalue weighted by Gasteiger charge is 2.55. The number of likely N-dealkylation sites (tertiary alicyclic amines) is 1. The van der Waals surface area contributed by atoms with Crippen molar-refractivity contribution in [3.8, 4) is 0 Å². The van der Waals surface area contributed by atoms with Gasteiger partial charge in [-0.3, -0.25) is 9.59 Å². The fraction of sp³-hybridized carbons (Fsp3) is 0.914. The van der Waals surface area contributed by atoms with E-state index in [1.54, 1.807) is 27.9 Å². The van der Waals surface area contributed by atoms with Crippen molar-refractivity contribution in [1.29, 1.82) is 0 Å². The molecule has 4 heterocycles. The van der Waals surface area contributed by atoms with Crippen molar-refractivity contribution >= 4 is 17.8 Å². The van der Waals surface area contributed by atoms with Gasteiger partial charge in [-0.05, 0) is 99.4 Å². The van der Waals surface area contributed by atoms with Crippen LogP contribution in [0.3, 0.4) is 0 Å². The lowest BCUT2D eigenvalue weighted by molar-refractivity contribution is -0.298. The number of nitrogens with zero attached hydrogens (tertiary/aromatic N) is 2. The number of carbonyl (C=O) groups is 3. The highest BCUT2D eigenvalue weighted by atomic mass is 16.7. The number of Topliss-reactive ketones (excluding diaryl/α,β-unsaturated/α-hetero) is 1. The lowest BCUT2D eigenvalue weighted by atomic mass is 9.78. The first-order valence-electron chi connectivity index (χ1n) is 17.9. The van der Waals surface area contributed by atoms with E-state index in [2.05, 4.69) is 22.5 Å². The van der Waals surface area contributed by atoms with E-state index in [9.17, 15) is 19.5 Å². The van der Waals surface area contributed by atoms with E-state index < -0.39 is 65.7 Å². The van der Waals surface area contributed by atoms with Gasteiger partial charge >= 0.3 is 12.1 Å². The summed E-state index contributed by atoms with van der Waals surface area (Å²) in [5.41, 5.74) is -2.16. The quantitative estimate of drug-likeness (QED) is 0.268. The summed E-state index contributed by atoms with van der Waals surface area (Å²) in [5.74, 6) is -3.00. The molecule has 0 radical (unpaired) electrons. The van der Waals surface area contributed by atoms with Crippen molar-refractivity contribution in [2.24, 2.45) is 17.8 Å². The van der Waals surface area contributed by atoms with E-state index >= 15 is 0 Å². The maximum atomic E-state index is 14.2. The van der Waals surface area contributed by atoms with E-state index in [0.29, 0.717) is 25.8 Å². The number of ether oxygens (including phenoxy) is 5. The van der Waals surface area contributed by atoms with Gasteiger partial charge in [-0.15, -0.1) is 0 Å².